The number of likely N-dealkylation sites (tertiary alicyclic amines) is 1. The molecular formula is C25H29ClN4O. The Labute approximate surface area is 189 Å². The van der Waals surface area contributed by atoms with Crippen LogP contribution in [0.5, 0.6) is 5.75 Å². The summed E-state index contributed by atoms with van der Waals surface area (Å²) in [5.41, 5.74) is 11.6. The molecule has 31 heavy (non-hydrogen) atoms. The molecule has 0 aromatic heterocycles. The van der Waals surface area contributed by atoms with Crippen molar-refractivity contribution in [2.75, 3.05) is 13.1 Å². The lowest BCUT2D eigenvalue weighted by Gasteiger charge is -2.35. The first kappa shape index (κ1) is 21.4. The quantitative estimate of drug-likeness (QED) is 0.472. The number of phenolic OH excluding ortho intramolecular Hbond substituents is 1. The highest BCUT2D eigenvalue weighted by Crippen LogP contribution is 2.35. The summed E-state index contributed by atoms with van der Waals surface area (Å²) in [6, 6.07) is 14.1. The van der Waals surface area contributed by atoms with Gasteiger partial charge in [-0.25, -0.2) is 9.98 Å². The third-order valence-corrected chi connectivity index (χ3v) is 6.31. The Morgan fingerprint density at radius 3 is 2.55 bits per heavy atom. The number of piperidine rings is 1. The first-order chi connectivity index (χ1) is 15.0. The molecule has 0 unspecified atom stereocenters. The van der Waals surface area contributed by atoms with Crippen molar-refractivity contribution in [2.45, 2.75) is 39.0 Å². The number of aliphatic imine (C=N–C) groups is 2. The Morgan fingerprint density at radius 2 is 1.90 bits per heavy atom. The van der Waals surface area contributed by atoms with Crippen molar-refractivity contribution in [3.63, 3.8) is 0 Å². The zero-order chi connectivity index (χ0) is 21.8. The number of phenols is 1. The highest BCUT2D eigenvalue weighted by molar-refractivity contribution is 6.32. The van der Waals surface area contributed by atoms with E-state index in [4.69, 9.17) is 17.3 Å². The number of halogens is 1. The van der Waals surface area contributed by atoms with Crippen molar-refractivity contribution >= 4 is 29.5 Å². The molecule has 0 atom stereocenters. The van der Waals surface area contributed by atoms with Crippen LogP contribution in [-0.4, -0.2) is 35.3 Å². The summed E-state index contributed by atoms with van der Waals surface area (Å²) < 4.78 is 0. The third-order valence-electron chi connectivity index (χ3n) is 6.02. The first-order valence-corrected chi connectivity index (χ1v) is 11.2. The van der Waals surface area contributed by atoms with Crippen molar-refractivity contribution in [1.29, 1.82) is 0 Å². The molecule has 2 aromatic rings. The molecule has 1 aliphatic carbocycles. The fraction of sp³-hybridized carbons (Fsp3) is 0.360. The molecule has 5 nitrogen and oxygen atoms in total. The van der Waals surface area contributed by atoms with Crippen LogP contribution < -0.4 is 5.73 Å². The van der Waals surface area contributed by atoms with Gasteiger partial charge in [0.25, 0.3) is 0 Å². The van der Waals surface area contributed by atoms with Crippen LogP contribution in [0.25, 0.3) is 0 Å². The normalized spacial score (nSPS) is 17.4. The smallest absolute Gasteiger partial charge is 0.148 e. The predicted molar refractivity (Wildman–Crippen MR) is 128 cm³/mol. The number of nitrogens with two attached hydrogens (primary N) is 1. The van der Waals surface area contributed by atoms with Gasteiger partial charge in [0.2, 0.25) is 0 Å². The minimum Gasteiger partial charge on any atom is -0.506 e. The van der Waals surface area contributed by atoms with Gasteiger partial charge in [0.05, 0.1) is 16.4 Å². The number of hydrogen-bond donors (Lipinski definition) is 2. The van der Waals surface area contributed by atoms with Crippen LogP contribution in [0.1, 0.15) is 36.8 Å². The largest absolute Gasteiger partial charge is 0.506 e. The van der Waals surface area contributed by atoms with Gasteiger partial charge in [0.15, 0.2) is 0 Å². The van der Waals surface area contributed by atoms with E-state index in [1.165, 1.54) is 30.3 Å². The van der Waals surface area contributed by atoms with E-state index in [2.05, 4.69) is 45.2 Å². The molecule has 2 fully saturated rings. The fourth-order valence-corrected chi connectivity index (χ4v) is 4.45. The lowest BCUT2D eigenvalue weighted by molar-refractivity contribution is 0.233. The molecule has 2 aliphatic rings. The summed E-state index contributed by atoms with van der Waals surface area (Å²) in [6.07, 6.45) is 7.14. The Morgan fingerprint density at radius 1 is 1.19 bits per heavy atom. The van der Waals surface area contributed by atoms with E-state index < -0.39 is 0 Å². The number of allylic oxidation sites excluding steroid dienone is 1. The average molecular weight is 437 g/mol. The van der Waals surface area contributed by atoms with Crippen molar-refractivity contribution in [1.82, 2.24) is 4.90 Å². The second-order valence-corrected chi connectivity index (χ2v) is 8.83. The fourth-order valence-electron chi connectivity index (χ4n) is 4.19. The second kappa shape index (κ2) is 9.56. The molecule has 1 aliphatic heterocycles. The zero-order valence-electron chi connectivity index (χ0n) is 17.9. The summed E-state index contributed by atoms with van der Waals surface area (Å²) >= 11 is 6.03. The van der Waals surface area contributed by atoms with Gasteiger partial charge in [-0.15, -0.1) is 0 Å². The Balaban J connectivity index is 1.40. The molecule has 1 saturated carbocycles. The van der Waals surface area contributed by atoms with Crippen molar-refractivity contribution < 1.29 is 5.11 Å². The number of hydrogen-bond acceptors (Lipinski definition) is 3. The van der Waals surface area contributed by atoms with Crippen molar-refractivity contribution in [2.24, 2.45) is 21.6 Å². The van der Waals surface area contributed by atoms with Gasteiger partial charge in [-0.3, -0.25) is 0 Å². The van der Waals surface area contributed by atoms with Crippen LogP contribution >= 0.6 is 11.6 Å². The summed E-state index contributed by atoms with van der Waals surface area (Å²) in [4.78, 5) is 11.2. The summed E-state index contributed by atoms with van der Waals surface area (Å²) in [6.45, 7) is 3.81. The number of aromatic hydroxyl groups is 1. The standard InChI is InChI=1S/C25H29ClN4O/c1-17-13-21(15-22(26)24(17)31)28-16-29-25(27)23(20-7-8-20)30-11-9-19(10-12-30)14-18-5-3-2-4-6-18/h2-6,13,15-16,19,31H,7-12,14H2,1H3,(H2,27,28,29). The lowest BCUT2D eigenvalue weighted by atomic mass is 9.90. The van der Waals surface area contributed by atoms with Crippen LogP contribution in [0.3, 0.4) is 0 Å². The van der Waals surface area contributed by atoms with E-state index in [0.717, 1.165) is 38.0 Å². The van der Waals surface area contributed by atoms with Gasteiger partial charge in [-0.2, -0.15) is 0 Å². The molecule has 6 heteroatoms. The number of nitrogens with zero attached hydrogens (tertiary/aromatic N) is 3. The van der Waals surface area contributed by atoms with Gasteiger partial charge in [-0.05, 0) is 73.8 Å². The maximum atomic E-state index is 9.79. The molecule has 0 amide bonds. The topological polar surface area (TPSA) is 74.2 Å². The Kier molecular flexibility index (Phi) is 6.62. The molecule has 3 N–H and O–H groups in total. The minimum atomic E-state index is 0.0834. The molecular weight excluding hydrogens is 408 g/mol. The third kappa shape index (κ3) is 5.47. The van der Waals surface area contributed by atoms with E-state index in [9.17, 15) is 5.11 Å². The van der Waals surface area contributed by atoms with Crippen LogP contribution in [0.15, 0.2) is 63.7 Å². The molecule has 0 radical (unpaired) electrons. The molecule has 0 spiro atoms. The predicted octanol–water partition coefficient (Wildman–Crippen LogP) is 5.37. The zero-order valence-corrected chi connectivity index (χ0v) is 18.6. The van der Waals surface area contributed by atoms with E-state index in [1.54, 1.807) is 19.1 Å². The highest BCUT2D eigenvalue weighted by Gasteiger charge is 2.28. The van der Waals surface area contributed by atoms with Crippen molar-refractivity contribution in [3.05, 3.63) is 69.9 Å². The minimum absolute atomic E-state index is 0.0834. The number of benzene rings is 2. The monoisotopic (exact) mass is 436 g/mol. The maximum absolute atomic E-state index is 9.79. The Hall–Kier alpha value is -2.79. The number of amidine groups is 1. The first-order valence-electron chi connectivity index (χ1n) is 10.9. The lowest BCUT2D eigenvalue weighted by Crippen LogP contribution is -2.38. The van der Waals surface area contributed by atoms with E-state index in [0.29, 0.717) is 23.0 Å². The van der Waals surface area contributed by atoms with Crippen LogP contribution in [0.4, 0.5) is 5.69 Å². The number of rotatable bonds is 6. The summed E-state index contributed by atoms with van der Waals surface area (Å²) in [5, 5.41) is 10.1. The molecule has 1 saturated heterocycles. The van der Waals surface area contributed by atoms with Gasteiger partial charge < -0.3 is 15.7 Å². The van der Waals surface area contributed by atoms with Gasteiger partial charge in [0.1, 0.15) is 17.9 Å². The van der Waals surface area contributed by atoms with E-state index in [-0.39, 0.29) is 10.8 Å². The summed E-state index contributed by atoms with van der Waals surface area (Å²) in [7, 11) is 0. The van der Waals surface area contributed by atoms with Gasteiger partial charge >= 0.3 is 0 Å². The maximum Gasteiger partial charge on any atom is 0.148 e. The van der Waals surface area contributed by atoms with Crippen LogP contribution in [-0.2, 0) is 6.42 Å². The Bertz CT molecular complexity index is 992. The summed E-state index contributed by atoms with van der Waals surface area (Å²) in [5.74, 6) is 1.32. The molecule has 162 valence electrons. The molecule has 2 aromatic carbocycles. The molecule has 0 bridgehead atoms. The number of aryl methyl sites for hydroxylation is 1. The molecule has 1 heterocycles. The SMILES string of the molecule is Cc1cc(N=CN=C(N)C(=C2CC2)N2CCC(Cc3ccccc3)CC2)cc(Cl)c1O. The van der Waals surface area contributed by atoms with Crippen LogP contribution in [0.2, 0.25) is 5.02 Å². The average Bonchev–Trinajstić information content (AvgIpc) is 3.59. The molecule has 4 rings (SSSR count). The highest BCUT2D eigenvalue weighted by atomic mass is 35.5. The second-order valence-electron chi connectivity index (χ2n) is 8.42. The van der Waals surface area contributed by atoms with Crippen LogP contribution in [0, 0.1) is 12.8 Å². The van der Waals surface area contributed by atoms with E-state index >= 15 is 0 Å². The van der Waals surface area contributed by atoms with Gasteiger partial charge in [0, 0.05) is 13.1 Å². The van der Waals surface area contributed by atoms with E-state index in [1.807, 2.05) is 0 Å². The van der Waals surface area contributed by atoms with Crippen molar-refractivity contribution in [3.8, 4) is 5.75 Å². The van der Waals surface area contributed by atoms with Gasteiger partial charge in [-0.1, -0.05) is 41.9 Å².